The molecule has 1 fully saturated rings. The van der Waals surface area contributed by atoms with E-state index in [0.29, 0.717) is 34.1 Å². The number of hydrogen-bond acceptors (Lipinski definition) is 7. The largest absolute Gasteiger partial charge is 0.462 e. The van der Waals surface area contributed by atoms with E-state index in [-0.39, 0.29) is 17.4 Å². The fourth-order valence-corrected chi connectivity index (χ4v) is 8.20. The van der Waals surface area contributed by atoms with Gasteiger partial charge in [-0.25, -0.2) is 13.2 Å². The van der Waals surface area contributed by atoms with Crippen LogP contribution >= 0.6 is 34.3 Å². The van der Waals surface area contributed by atoms with Gasteiger partial charge < -0.3 is 9.30 Å². The summed E-state index contributed by atoms with van der Waals surface area (Å²) in [5.74, 6) is -0.913. The summed E-state index contributed by atoms with van der Waals surface area (Å²) in [7, 11) is -3.83. The maximum Gasteiger partial charge on any atom is 0.338 e. The van der Waals surface area contributed by atoms with E-state index in [2.05, 4.69) is 4.99 Å². The summed E-state index contributed by atoms with van der Waals surface area (Å²) in [4.78, 5) is 30.0. The Morgan fingerprint density at radius 2 is 2.00 bits per heavy atom. The number of thiophene rings is 1. The first-order chi connectivity index (χ1) is 15.8. The minimum absolute atomic E-state index is 0.115. The molecule has 0 spiro atoms. The highest BCUT2D eigenvalue weighted by Gasteiger charge is 2.40. The molecular weight excluding hydrogens is 506 g/mol. The zero-order valence-corrected chi connectivity index (χ0v) is 21.2. The first-order valence-electron chi connectivity index (χ1n) is 10.4. The molecule has 4 rings (SSSR count). The predicted molar refractivity (Wildman–Crippen MR) is 128 cm³/mol. The van der Waals surface area contributed by atoms with E-state index < -0.39 is 27.9 Å². The third-order valence-electron chi connectivity index (χ3n) is 5.32. The zero-order valence-electron chi connectivity index (χ0n) is 18.0. The van der Waals surface area contributed by atoms with Crippen molar-refractivity contribution in [3.05, 3.63) is 45.0 Å². The van der Waals surface area contributed by atoms with E-state index in [1.807, 2.05) is 11.5 Å². The second-order valence-corrected chi connectivity index (χ2v) is 12.2. The van der Waals surface area contributed by atoms with Crippen LogP contribution < -0.4 is 4.80 Å². The number of esters is 1. The van der Waals surface area contributed by atoms with Crippen molar-refractivity contribution in [3.8, 4) is 0 Å². The molecule has 0 saturated carbocycles. The fraction of sp³-hybridized carbons (Fsp3) is 0.381. The number of carbonyl (C=O) groups excluding carboxylic acids is 2. The van der Waals surface area contributed by atoms with Crippen LogP contribution in [0.2, 0.25) is 4.34 Å². The lowest BCUT2D eigenvalue weighted by Crippen LogP contribution is -2.40. The van der Waals surface area contributed by atoms with Gasteiger partial charge in [-0.15, -0.1) is 11.3 Å². The molecule has 2 aromatic heterocycles. The van der Waals surface area contributed by atoms with Crippen LogP contribution in [0.5, 0.6) is 0 Å². The van der Waals surface area contributed by atoms with Gasteiger partial charge in [-0.05, 0) is 57.0 Å². The number of nitrogens with zero attached hydrogens (tertiary/aromatic N) is 3. The topological polar surface area (TPSA) is 98.0 Å². The van der Waals surface area contributed by atoms with Gasteiger partial charge in [-0.1, -0.05) is 22.9 Å². The Kier molecular flexibility index (Phi) is 7.06. The summed E-state index contributed by atoms with van der Waals surface area (Å²) in [5, 5.41) is 0. The molecule has 0 bridgehead atoms. The molecule has 3 heterocycles. The van der Waals surface area contributed by atoms with Gasteiger partial charge in [0.25, 0.3) is 15.9 Å². The molecule has 8 nitrogen and oxygen atoms in total. The summed E-state index contributed by atoms with van der Waals surface area (Å²) >= 11 is 8.17. The van der Waals surface area contributed by atoms with E-state index in [0.717, 1.165) is 21.6 Å². The first-order valence-corrected chi connectivity index (χ1v) is 13.9. The normalized spacial score (nSPS) is 17.7. The van der Waals surface area contributed by atoms with Gasteiger partial charge in [-0.3, -0.25) is 4.79 Å². The van der Waals surface area contributed by atoms with Crippen LogP contribution in [-0.4, -0.2) is 48.4 Å². The number of fused-ring (bicyclic) bond motifs is 1. The maximum atomic E-state index is 13.1. The number of amides is 1. The van der Waals surface area contributed by atoms with Gasteiger partial charge in [-0.2, -0.15) is 9.30 Å². The van der Waals surface area contributed by atoms with Crippen LogP contribution in [0.4, 0.5) is 0 Å². The molecule has 1 aliphatic rings. The average molecular weight is 528 g/mol. The summed E-state index contributed by atoms with van der Waals surface area (Å²) < 4.78 is 35.6. The Labute approximate surface area is 204 Å². The van der Waals surface area contributed by atoms with Gasteiger partial charge >= 0.3 is 5.97 Å². The molecule has 176 valence electrons. The zero-order chi connectivity index (χ0) is 23.8. The van der Waals surface area contributed by atoms with Crippen molar-refractivity contribution < 1.29 is 22.7 Å². The summed E-state index contributed by atoms with van der Waals surface area (Å²) in [6.45, 7) is 4.78. The highest BCUT2D eigenvalue weighted by molar-refractivity contribution is 7.91. The van der Waals surface area contributed by atoms with Gasteiger partial charge in [0, 0.05) is 13.1 Å². The molecule has 1 unspecified atom stereocenters. The van der Waals surface area contributed by atoms with Crippen molar-refractivity contribution in [1.29, 1.82) is 0 Å². The Bertz CT molecular complexity index is 1390. The number of rotatable bonds is 6. The molecule has 0 radical (unpaired) electrons. The number of thiazole rings is 1. The Morgan fingerprint density at radius 3 is 2.67 bits per heavy atom. The lowest BCUT2D eigenvalue weighted by atomic mass is 10.2. The minimum Gasteiger partial charge on any atom is -0.462 e. The lowest BCUT2D eigenvalue weighted by Gasteiger charge is -2.20. The molecule has 1 amide bonds. The quantitative estimate of drug-likeness (QED) is 0.453. The molecule has 1 atom stereocenters. The van der Waals surface area contributed by atoms with E-state index in [9.17, 15) is 18.0 Å². The first kappa shape index (κ1) is 24.1. The van der Waals surface area contributed by atoms with Gasteiger partial charge in [0.1, 0.15) is 10.3 Å². The molecule has 1 aliphatic heterocycles. The van der Waals surface area contributed by atoms with E-state index in [1.165, 1.54) is 27.8 Å². The Hall–Kier alpha value is -2.05. The smallest absolute Gasteiger partial charge is 0.338 e. The maximum absolute atomic E-state index is 13.1. The Morgan fingerprint density at radius 1 is 1.21 bits per heavy atom. The molecule has 0 aliphatic carbocycles. The third kappa shape index (κ3) is 4.65. The second kappa shape index (κ2) is 9.67. The number of carbonyl (C=O) groups is 2. The molecule has 12 heteroatoms. The SMILES string of the molecule is CCOC(=O)c1ccc2c(c1)sc(=NC(=O)C1CCCN1S(=O)(=O)c1ccc(Cl)s1)n2CC. The van der Waals surface area contributed by atoms with E-state index in [1.54, 1.807) is 25.1 Å². The van der Waals surface area contributed by atoms with Crippen molar-refractivity contribution in [2.45, 2.75) is 43.5 Å². The minimum atomic E-state index is -3.83. The van der Waals surface area contributed by atoms with E-state index in [4.69, 9.17) is 16.3 Å². The number of aromatic nitrogens is 1. The van der Waals surface area contributed by atoms with Crippen LogP contribution in [-0.2, 0) is 26.1 Å². The monoisotopic (exact) mass is 527 g/mol. The van der Waals surface area contributed by atoms with E-state index >= 15 is 0 Å². The number of ether oxygens (including phenoxy) is 1. The third-order valence-corrected chi connectivity index (χ3v) is 9.96. The van der Waals surface area contributed by atoms with Gasteiger partial charge in [0.05, 0.1) is 26.7 Å². The highest BCUT2D eigenvalue weighted by Crippen LogP contribution is 2.32. The van der Waals surface area contributed by atoms with Crippen LogP contribution in [0.3, 0.4) is 0 Å². The lowest BCUT2D eigenvalue weighted by molar-refractivity contribution is -0.121. The fourth-order valence-electron chi connectivity index (χ4n) is 3.80. The second-order valence-electron chi connectivity index (χ2n) is 7.31. The number of sulfonamides is 1. The number of aryl methyl sites for hydroxylation is 1. The van der Waals surface area contributed by atoms with Crippen molar-refractivity contribution in [1.82, 2.24) is 8.87 Å². The van der Waals surface area contributed by atoms with Crippen LogP contribution in [0.1, 0.15) is 37.0 Å². The van der Waals surface area contributed by atoms with Crippen molar-refractivity contribution in [2.75, 3.05) is 13.2 Å². The van der Waals surface area contributed by atoms with Crippen molar-refractivity contribution >= 4 is 66.4 Å². The molecule has 0 N–H and O–H groups in total. The predicted octanol–water partition coefficient (Wildman–Crippen LogP) is 3.89. The molecule has 1 saturated heterocycles. The summed E-state index contributed by atoms with van der Waals surface area (Å²) in [5.41, 5.74) is 1.26. The summed E-state index contributed by atoms with van der Waals surface area (Å²) in [6, 6.07) is 7.34. The van der Waals surface area contributed by atoms with Gasteiger partial charge in [0.2, 0.25) is 0 Å². The van der Waals surface area contributed by atoms with Crippen LogP contribution in [0, 0.1) is 0 Å². The molecule has 33 heavy (non-hydrogen) atoms. The Balaban J connectivity index is 1.69. The molecular formula is C21H22ClN3O5S3. The van der Waals surface area contributed by atoms with Gasteiger partial charge in [0.15, 0.2) is 4.80 Å². The molecule has 1 aromatic carbocycles. The summed E-state index contributed by atoms with van der Waals surface area (Å²) in [6.07, 6.45) is 0.984. The number of halogens is 1. The van der Waals surface area contributed by atoms with Crippen molar-refractivity contribution in [2.24, 2.45) is 4.99 Å². The standard InChI is InChI=1S/C21H22ClN3O5S3/c1-3-24-14-8-7-13(20(27)30-4-2)12-16(14)31-21(24)23-19(26)15-6-5-11-25(15)33(28,29)18-10-9-17(22)32-18/h7-10,12,15H,3-6,11H2,1-2H3. The number of hydrogen-bond donors (Lipinski definition) is 0. The van der Waals surface area contributed by atoms with Crippen molar-refractivity contribution in [3.63, 3.8) is 0 Å². The number of benzene rings is 1. The average Bonchev–Trinajstić information content (AvgIpc) is 3.51. The van der Waals surface area contributed by atoms with Crippen LogP contribution in [0.25, 0.3) is 10.2 Å². The molecule has 3 aromatic rings. The van der Waals surface area contributed by atoms with Crippen LogP contribution in [0.15, 0.2) is 39.5 Å². The highest BCUT2D eigenvalue weighted by atomic mass is 35.5.